The summed E-state index contributed by atoms with van der Waals surface area (Å²) >= 11 is 0. The minimum atomic E-state index is 0.910. The molecule has 0 radical (unpaired) electrons. The SMILES string of the molecule is CC1CC=CCC1CC1CC=CCC1C. The fourth-order valence-corrected chi connectivity index (χ4v) is 3.06. The quantitative estimate of drug-likeness (QED) is 0.577. The Bertz CT molecular complexity index is 223. The van der Waals surface area contributed by atoms with Gasteiger partial charge < -0.3 is 0 Å². The lowest BCUT2D eigenvalue weighted by Gasteiger charge is -2.33. The molecule has 2 rings (SSSR count). The Balaban J connectivity index is 1.90. The molecule has 0 aliphatic heterocycles. The maximum absolute atomic E-state index is 2.43. The van der Waals surface area contributed by atoms with Gasteiger partial charge in [-0.2, -0.15) is 0 Å². The van der Waals surface area contributed by atoms with E-state index < -0.39 is 0 Å². The second-order valence-electron chi connectivity index (χ2n) is 5.60. The van der Waals surface area contributed by atoms with Crippen molar-refractivity contribution in [1.82, 2.24) is 0 Å². The lowest BCUT2D eigenvalue weighted by atomic mass is 9.73. The highest BCUT2D eigenvalue weighted by atomic mass is 14.3. The van der Waals surface area contributed by atoms with Gasteiger partial charge in [-0.05, 0) is 55.8 Å². The Morgan fingerprint density at radius 2 is 1.13 bits per heavy atom. The predicted octanol–water partition coefficient (Wildman–Crippen LogP) is 4.58. The van der Waals surface area contributed by atoms with E-state index in [1.54, 1.807) is 0 Å². The van der Waals surface area contributed by atoms with Crippen molar-refractivity contribution in [2.45, 2.75) is 46.0 Å². The Hall–Kier alpha value is -0.520. The van der Waals surface area contributed by atoms with Crippen molar-refractivity contribution >= 4 is 0 Å². The highest BCUT2D eigenvalue weighted by Crippen LogP contribution is 2.36. The minimum Gasteiger partial charge on any atom is -0.0883 e. The van der Waals surface area contributed by atoms with Gasteiger partial charge in [0.05, 0.1) is 0 Å². The first-order chi connectivity index (χ1) is 7.27. The van der Waals surface area contributed by atoms with Gasteiger partial charge in [-0.1, -0.05) is 38.2 Å². The molecule has 0 spiro atoms. The molecule has 0 amide bonds. The maximum atomic E-state index is 2.43. The molecule has 0 N–H and O–H groups in total. The van der Waals surface area contributed by atoms with Gasteiger partial charge in [-0.3, -0.25) is 0 Å². The predicted molar refractivity (Wildman–Crippen MR) is 66.7 cm³/mol. The number of rotatable bonds is 2. The minimum absolute atomic E-state index is 0.910. The van der Waals surface area contributed by atoms with E-state index in [1.165, 1.54) is 32.1 Å². The Labute approximate surface area is 94.5 Å². The van der Waals surface area contributed by atoms with Gasteiger partial charge >= 0.3 is 0 Å². The second kappa shape index (κ2) is 5.01. The molecule has 0 bridgehead atoms. The lowest BCUT2D eigenvalue weighted by molar-refractivity contribution is 0.225. The maximum Gasteiger partial charge on any atom is -0.0319 e. The van der Waals surface area contributed by atoms with Crippen LogP contribution in [0, 0.1) is 23.7 Å². The summed E-state index contributed by atoms with van der Waals surface area (Å²) in [4.78, 5) is 0. The van der Waals surface area contributed by atoms with Crippen molar-refractivity contribution in [3.63, 3.8) is 0 Å². The number of hydrogen-bond donors (Lipinski definition) is 0. The molecule has 0 aromatic carbocycles. The summed E-state index contributed by atoms with van der Waals surface area (Å²) in [5, 5.41) is 0. The van der Waals surface area contributed by atoms with Crippen LogP contribution in [0.15, 0.2) is 24.3 Å². The molecular formula is C15H24. The Morgan fingerprint density at radius 3 is 1.53 bits per heavy atom. The van der Waals surface area contributed by atoms with Gasteiger partial charge in [0, 0.05) is 0 Å². The van der Waals surface area contributed by atoms with E-state index in [9.17, 15) is 0 Å². The molecule has 2 aliphatic carbocycles. The first kappa shape index (κ1) is 11.0. The molecule has 0 heteroatoms. The Kier molecular flexibility index (Phi) is 3.66. The van der Waals surface area contributed by atoms with Crippen molar-refractivity contribution in [3.05, 3.63) is 24.3 Å². The monoisotopic (exact) mass is 204 g/mol. The summed E-state index contributed by atoms with van der Waals surface area (Å²) in [6, 6.07) is 0. The molecule has 0 aromatic heterocycles. The topological polar surface area (TPSA) is 0 Å². The summed E-state index contributed by atoms with van der Waals surface area (Å²) < 4.78 is 0. The standard InChI is InChI=1S/C15H24/c1-12-7-3-5-9-14(12)11-15-10-6-4-8-13(15)2/h3-6,12-15H,7-11H2,1-2H3. The van der Waals surface area contributed by atoms with Crippen molar-refractivity contribution in [2.24, 2.45) is 23.7 Å². The fourth-order valence-electron chi connectivity index (χ4n) is 3.06. The van der Waals surface area contributed by atoms with E-state index in [4.69, 9.17) is 0 Å². The zero-order valence-corrected chi connectivity index (χ0v) is 10.2. The van der Waals surface area contributed by atoms with E-state index >= 15 is 0 Å². The van der Waals surface area contributed by atoms with Gasteiger partial charge in [0.2, 0.25) is 0 Å². The highest BCUT2D eigenvalue weighted by Gasteiger charge is 2.25. The van der Waals surface area contributed by atoms with E-state index in [0.29, 0.717) is 0 Å². The van der Waals surface area contributed by atoms with Gasteiger partial charge in [0.25, 0.3) is 0 Å². The van der Waals surface area contributed by atoms with Crippen LogP contribution in [0.3, 0.4) is 0 Å². The number of hydrogen-bond acceptors (Lipinski definition) is 0. The van der Waals surface area contributed by atoms with E-state index in [-0.39, 0.29) is 0 Å². The van der Waals surface area contributed by atoms with Gasteiger partial charge in [0.15, 0.2) is 0 Å². The van der Waals surface area contributed by atoms with E-state index in [0.717, 1.165) is 23.7 Å². The highest BCUT2D eigenvalue weighted by molar-refractivity contribution is 4.97. The molecule has 0 nitrogen and oxygen atoms in total. The van der Waals surface area contributed by atoms with Gasteiger partial charge in [-0.25, -0.2) is 0 Å². The van der Waals surface area contributed by atoms with E-state index in [1.807, 2.05) is 0 Å². The van der Waals surface area contributed by atoms with Crippen LogP contribution < -0.4 is 0 Å². The molecular weight excluding hydrogens is 180 g/mol. The fraction of sp³-hybridized carbons (Fsp3) is 0.733. The van der Waals surface area contributed by atoms with Crippen LogP contribution in [-0.2, 0) is 0 Å². The summed E-state index contributed by atoms with van der Waals surface area (Å²) in [5.41, 5.74) is 0. The average Bonchev–Trinajstić information content (AvgIpc) is 2.24. The molecule has 0 heterocycles. The smallest absolute Gasteiger partial charge is 0.0319 e. The third kappa shape index (κ3) is 2.74. The molecule has 4 atom stereocenters. The number of allylic oxidation sites excluding steroid dienone is 4. The molecule has 0 saturated carbocycles. The van der Waals surface area contributed by atoms with Crippen molar-refractivity contribution in [2.75, 3.05) is 0 Å². The van der Waals surface area contributed by atoms with Crippen molar-refractivity contribution in [3.8, 4) is 0 Å². The molecule has 84 valence electrons. The third-order valence-corrected chi connectivity index (χ3v) is 4.44. The van der Waals surface area contributed by atoms with Crippen LogP contribution in [0.1, 0.15) is 46.0 Å². The van der Waals surface area contributed by atoms with Gasteiger partial charge in [0.1, 0.15) is 0 Å². The van der Waals surface area contributed by atoms with Crippen molar-refractivity contribution < 1.29 is 0 Å². The van der Waals surface area contributed by atoms with Crippen LogP contribution in [0.25, 0.3) is 0 Å². The zero-order chi connectivity index (χ0) is 10.7. The largest absolute Gasteiger partial charge is 0.0883 e. The van der Waals surface area contributed by atoms with Crippen LogP contribution in [-0.4, -0.2) is 0 Å². The molecule has 4 unspecified atom stereocenters. The second-order valence-corrected chi connectivity index (χ2v) is 5.60. The first-order valence-electron chi connectivity index (χ1n) is 6.57. The molecule has 15 heavy (non-hydrogen) atoms. The first-order valence-corrected chi connectivity index (χ1v) is 6.57. The van der Waals surface area contributed by atoms with Crippen LogP contribution in [0.2, 0.25) is 0 Å². The van der Waals surface area contributed by atoms with Crippen molar-refractivity contribution in [1.29, 1.82) is 0 Å². The third-order valence-electron chi connectivity index (χ3n) is 4.44. The summed E-state index contributed by atoms with van der Waals surface area (Å²) in [7, 11) is 0. The average molecular weight is 204 g/mol. The summed E-state index contributed by atoms with van der Waals surface area (Å²) in [5.74, 6) is 3.73. The molecule has 0 fully saturated rings. The Morgan fingerprint density at radius 1 is 0.733 bits per heavy atom. The molecule has 0 aromatic rings. The molecule has 0 saturated heterocycles. The lowest BCUT2D eigenvalue weighted by Crippen LogP contribution is -2.22. The van der Waals surface area contributed by atoms with Crippen LogP contribution in [0.5, 0.6) is 0 Å². The normalized spacial score (nSPS) is 40.7. The summed E-state index contributed by atoms with van der Waals surface area (Å²) in [6.07, 6.45) is 16.3. The summed E-state index contributed by atoms with van der Waals surface area (Å²) in [6.45, 7) is 4.86. The zero-order valence-electron chi connectivity index (χ0n) is 10.2. The van der Waals surface area contributed by atoms with Crippen LogP contribution >= 0.6 is 0 Å². The van der Waals surface area contributed by atoms with Gasteiger partial charge in [-0.15, -0.1) is 0 Å². The van der Waals surface area contributed by atoms with E-state index in [2.05, 4.69) is 38.2 Å². The molecule has 2 aliphatic rings. The van der Waals surface area contributed by atoms with Crippen LogP contribution in [0.4, 0.5) is 0 Å².